The second-order valence-electron chi connectivity index (χ2n) is 19.4. The number of nitrogens with one attached hydrogen (secondary N) is 1. The highest BCUT2D eigenvalue weighted by molar-refractivity contribution is 7.90. The smallest absolute Gasteiger partial charge is 0.335 e. The van der Waals surface area contributed by atoms with Crippen LogP contribution in [0, 0.1) is 28.5 Å². The molecule has 6 heterocycles. The van der Waals surface area contributed by atoms with Crippen LogP contribution in [0.2, 0.25) is 0 Å². The van der Waals surface area contributed by atoms with Crippen molar-refractivity contribution >= 4 is 62.4 Å². The largest absolute Gasteiger partial charge is 0.453 e. The fourth-order valence-corrected chi connectivity index (χ4v) is 12.7. The molecule has 5 aliphatic heterocycles. The topological polar surface area (TPSA) is 211 Å². The zero-order valence-corrected chi connectivity index (χ0v) is 39.6. The Morgan fingerprint density at radius 2 is 1.65 bits per heavy atom. The van der Waals surface area contributed by atoms with Crippen LogP contribution in [0.3, 0.4) is 0 Å². The van der Waals surface area contributed by atoms with E-state index in [0.29, 0.717) is 41.1 Å². The van der Waals surface area contributed by atoms with Crippen LogP contribution in [-0.4, -0.2) is 127 Å². The summed E-state index contributed by atoms with van der Waals surface area (Å²) in [6.45, 7) is 6.02. The van der Waals surface area contributed by atoms with E-state index in [1.54, 1.807) is 11.0 Å². The van der Waals surface area contributed by atoms with Gasteiger partial charge in [0.1, 0.15) is 41.6 Å². The first-order valence-electron chi connectivity index (χ1n) is 23.8. The predicted molar refractivity (Wildman–Crippen MR) is 257 cm³/mol. The zero-order chi connectivity index (χ0) is 50.1. The lowest BCUT2D eigenvalue weighted by molar-refractivity contribution is -0.137. The third-order valence-corrected chi connectivity index (χ3v) is 16.5. The summed E-state index contributed by atoms with van der Waals surface area (Å²) in [5.74, 6) is -2.07. The number of benzene rings is 4. The molecule has 2 atom stereocenters. The molecule has 1 N–H and O–H groups in total. The summed E-state index contributed by atoms with van der Waals surface area (Å²) in [6.07, 6.45) is 2.80. The first kappa shape index (κ1) is 46.9. The highest BCUT2D eigenvalue weighted by Crippen LogP contribution is 2.53. The van der Waals surface area contributed by atoms with E-state index in [4.69, 9.17) is 9.57 Å². The highest BCUT2D eigenvalue weighted by atomic mass is 32.2. The summed E-state index contributed by atoms with van der Waals surface area (Å²) in [4.78, 5) is 80.7. The molecule has 19 nitrogen and oxygen atoms in total. The van der Waals surface area contributed by atoms with E-state index in [0.717, 1.165) is 79.2 Å². The quantitative estimate of drug-likeness (QED) is 0.0998. The summed E-state index contributed by atoms with van der Waals surface area (Å²) in [6, 6.07) is 20.6. The Labute approximate surface area is 411 Å². The maximum Gasteiger partial charge on any atom is 0.335 e. The maximum absolute atomic E-state index is 15.4. The van der Waals surface area contributed by atoms with E-state index in [-0.39, 0.29) is 53.3 Å². The molecule has 5 fully saturated rings. The van der Waals surface area contributed by atoms with Crippen LogP contribution < -0.4 is 29.9 Å². The molecule has 4 aromatic carbocycles. The summed E-state index contributed by atoms with van der Waals surface area (Å²) in [7, 11) is -4.71. The molecule has 6 aliphatic rings. The number of fused-ring (bicyclic) bond motifs is 2. The van der Waals surface area contributed by atoms with Gasteiger partial charge in [-0.25, -0.2) is 13.8 Å². The van der Waals surface area contributed by atoms with Crippen molar-refractivity contribution < 1.29 is 46.0 Å². The van der Waals surface area contributed by atoms with Crippen LogP contribution in [0.4, 0.5) is 25.8 Å². The number of carbonyl (C=O) groups excluding carboxylic acids is 4. The predicted octanol–water partition coefficient (Wildman–Crippen LogP) is 4.17. The Morgan fingerprint density at radius 1 is 0.903 bits per heavy atom. The number of amides is 3. The highest BCUT2D eigenvalue weighted by Gasteiger charge is 2.53. The number of carbonyl (C=O) groups is 4. The second-order valence-corrected chi connectivity index (χ2v) is 21.2. The van der Waals surface area contributed by atoms with Crippen LogP contribution in [-0.2, 0) is 36.0 Å². The minimum Gasteiger partial charge on any atom is -0.453 e. The van der Waals surface area contributed by atoms with Crippen molar-refractivity contribution in [3.63, 3.8) is 0 Å². The molecule has 1 spiro atoms. The molecule has 1 aromatic heterocycles. The van der Waals surface area contributed by atoms with Crippen molar-refractivity contribution in [3.05, 3.63) is 112 Å². The lowest BCUT2D eigenvalue weighted by Gasteiger charge is -2.60. The molecule has 11 rings (SSSR count). The van der Waals surface area contributed by atoms with Gasteiger partial charge in [-0.1, -0.05) is 4.47 Å². The number of piperazine rings is 1. The summed E-state index contributed by atoms with van der Waals surface area (Å²) >= 11 is 0. The van der Waals surface area contributed by atoms with E-state index < -0.39 is 63.3 Å². The summed E-state index contributed by atoms with van der Waals surface area (Å²) in [5, 5.41) is 12.6. The molecule has 5 aromatic rings. The van der Waals surface area contributed by atoms with Crippen molar-refractivity contribution in [2.75, 3.05) is 73.2 Å². The van der Waals surface area contributed by atoms with Crippen LogP contribution in [0.1, 0.15) is 53.6 Å². The second kappa shape index (κ2) is 18.3. The third-order valence-electron chi connectivity index (χ3n) is 14.9. The number of nitriles is 1. The van der Waals surface area contributed by atoms with Crippen LogP contribution in [0.25, 0.3) is 16.6 Å². The molecule has 0 unspecified atom stereocenters. The fourth-order valence-electron chi connectivity index (χ4n) is 11.3. The SMILES string of the molecule is N#Cc1c(N(OC=O)S(=O)(=O)N2CC[C@@H](F)C2)ccc(F)c1Oc1ccc2ncn(-c3ccc(N4CCN(CC5CC6(C5)CN(c5ccc7c(c5)CN([C@H]5CCC(=O)NC5=O)C7=O)C6)CC4)cc3)c(=O)c2c1. The van der Waals surface area contributed by atoms with Gasteiger partial charge in [0.05, 0.1) is 16.6 Å². The van der Waals surface area contributed by atoms with E-state index in [2.05, 4.69) is 31.1 Å². The lowest BCUT2D eigenvalue weighted by atomic mass is 9.57. The first-order chi connectivity index (χ1) is 34.7. The van der Waals surface area contributed by atoms with Gasteiger partial charge in [-0.05, 0) is 110 Å². The molecule has 3 amide bonds. The molecule has 22 heteroatoms. The van der Waals surface area contributed by atoms with Gasteiger partial charge in [0.2, 0.25) is 11.8 Å². The Balaban J connectivity index is 0.688. The monoisotopic (exact) mass is 1000 g/mol. The lowest BCUT2D eigenvalue weighted by Crippen LogP contribution is -2.64. The fraction of sp³-hybridized carbons (Fsp3) is 0.380. The van der Waals surface area contributed by atoms with Gasteiger partial charge in [0.25, 0.3) is 11.5 Å². The Hall–Kier alpha value is -7.48. The molecule has 0 radical (unpaired) electrons. The van der Waals surface area contributed by atoms with E-state index in [1.807, 2.05) is 36.4 Å². The number of aromatic nitrogens is 2. The van der Waals surface area contributed by atoms with Crippen LogP contribution in [0.15, 0.2) is 83.9 Å². The van der Waals surface area contributed by atoms with Crippen LogP contribution in [0.5, 0.6) is 11.5 Å². The van der Waals surface area contributed by atoms with Gasteiger partial charge >= 0.3 is 16.7 Å². The van der Waals surface area contributed by atoms with Gasteiger partial charge < -0.3 is 24.3 Å². The maximum atomic E-state index is 15.4. The number of nitrogens with zero attached hydrogens (tertiary/aromatic N) is 9. The molecule has 4 saturated heterocycles. The molecular weight excluding hydrogens is 955 g/mol. The van der Waals surface area contributed by atoms with Crippen molar-refractivity contribution in [1.82, 2.24) is 29.0 Å². The minimum absolute atomic E-state index is 0.0756. The molecule has 0 bridgehead atoms. The van der Waals surface area contributed by atoms with Gasteiger partial charge in [0, 0.05) is 94.2 Å². The van der Waals surface area contributed by atoms with E-state index in [9.17, 15) is 42.0 Å². The number of ether oxygens (including phenoxy) is 1. The third kappa shape index (κ3) is 8.43. The van der Waals surface area contributed by atoms with E-state index in [1.165, 1.54) is 41.9 Å². The number of imide groups is 1. The van der Waals surface area contributed by atoms with E-state index >= 15 is 4.39 Å². The summed E-state index contributed by atoms with van der Waals surface area (Å²) < 4.78 is 64.2. The molecule has 1 aliphatic carbocycles. The Kier molecular flexibility index (Phi) is 11.9. The molecule has 372 valence electrons. The number of hydrogen-bond donors (Lipinski definition) is 1. The average Bonchev–Trinajstić information content (AvgIpc) is 3.94. The van der Waals surface area contributed by atoms with Gasteiger partial charge in [-0.15, -0.1) is 0 Å². The number of hydrogen-bond acceptors (Lipinski definition) is 14. The molecule has 72 heavy (non-hydrogen) atoms. The van der Waals surface area contributed by atoms with Crippen LogP contribution >= 0.6 is 0 Å². The summed E-state index contributed by atoms with van der Waals surface area (Å²) in [5.41, 5.74) is 3.18. The Morgan fingerprint density at radius 3 is 2.36 bits per heavy atom. The van der Waals surface area contributed by atoms with Crippen molar-refractivity contribution in [2.45, 2.75) is 50.9 Å². The number of rotatable bonds is 13. The number of halogens is 2. The number of anilines is 3. The standard InChI is InChI=1S/C50H48F2N10O9S/c51-33-13-14-59(26-33)72(68,69)62(70-30-63)43-10-8-41(52)46(40(43)23-53)71-37-6-9-42-39(20-37)49(67)61(29-54-42)35-3-1-34(2-4-35)57-17-15-56(16-18-57)24-31-21-50(22-31)27-58(28-50)36-5-7-38-32(19-36)25-60(48(38)66)44-11-12-45(64)55-47(44)65/h1-10,19-20,29-31,33,44H,11-18,21-22,24-28H2,(H,55,64,65)/t33-,44+/m1/s1. The minimum atomic E-state index is -4.71. The van der Waals surface area contributed by atoms with Gasteiger partial charge in [0.15, 0.2) is 11.6 Å². The number of piperidine rings is 1. The van der Waals surface area contributed by atoms with Crippen molar-refractivity contribution in [3.8, 4) is 23.3 Å². The number of alkyl halides is 1. The van der Waals surface area contributed by atoms with Gasteiger partial charge in [-0.3, -0.25) is 38.8 Å². The zero-order valence-electron chi connectivity index (χ0n) is 38.8. The van der Waals surface area contributed by atoms with Crippen molar-refractivity contribution in [2.24, 2.45) is 11.3 Å². The normalized spacial score (nSPS) is 21.3. The molecular formula is C50H48F2N10O9S. The van der Waals surface area contributed by atoms with Crippen molar-refractivity contribution in [1.29, 1.82) is 5.26 Å². The average molecular weight is 1000 g/mol. The Bertz CT molecular complexity index is 3260. The molecule has 1 saturated carbocycles. The van der Waals surface area contributed by atoms with Gasteiger partial charge in [-0.2, -0.15) is 18.0 Å². The first-order valence-corrected chi connectivity index (χ1v) is 25.2.